The molecule has 260 valence electrons. The van der Waals surface area contributed by atoms with Crippen molar-refractivity contribution in [1.82, 2.24) is 36.2 Å². The van der Waals surface area contributed by atoms with Crippen molar-refractivity contribution in [3.05, 3.63) is 77.6 Å². The Balaban J connectivity index is 1.21. The summed E-state index contributed by atoms with van der Waals surface area (Å²) < 4.78 is 0. The Bertz CT molecular complexity index is 1820. The van der Waals surface area contributed by atoms with Crippen LogP contribution in [0.5, 0.6) is 0 Å². The van der Waals surface area contributed by atoms with Crippen LogP contribution in [0.4, 0.5) is 5.69 Å². The van der Waals surface area contributed by atoms with E-state index in [1.807, 2.05) is 31.2 Å². The number of nitrogens with two attached hydrogens (primary N) is 2. The lowest BCUT2D eigenvalue weighted by molar-refractivity contribution is -0.127. The molecule has 6 rings (SSSR count). The van der Waals surface area contributed by atoms with Gasteiger partial charge in [0.25, 0.3) is 5.91 Å². The van der Waals surface area contributed by atoms with Gasteiger partial charge in [0.1, 0.15) is 17.8 Å². The van der Waals surface area contributed by atoms with Gasteiger partial charge < -0.3 is 22.1 Å². The Morgan fingerprint density at radius 3 is 2.34 bits per heavy atom. The van der Waals surface area contributed by atoms with Crippen LogP contribution in [0.3, 0.4) is 0 Å². The molecule has 14 heteroatoms. The van der Waals surface area contributed by atoms with E-state index in [2.05, 4.69) is 36.2 Å². The number of nitrogens with zero attached hydrogens (tertiary/aromatic N) is 5. The Kier molecular flexibility index (Phi) is 10.6. The van der Waals surface area contributed by atoms with Crippen LogP contribution in [0.1, 0.15) is 60.1 Å². The maximum atomic E-state index is 14.2. The normalized spacial score (nSPS) is 19.6. The summed E-state index contributed by atoms with van der Waals surface area (Å²) in [5, 5.41) is 19.7. The third kappa shape index (κ3) is 7.70. The Hall–Kier alpha value is -5.50. The van der Waals surface area contributed by atoms with Crippen LogP contribution in [0, 0.1) is 18.8 Å². The van der Waals surface area contributed by atoms with Gasteiger partial charge in [-0.15, -0.1) is 10.2 Å². The van der Waals surface area contributed by atoms with Crippen LogP contribution in [-0.2, 0) is 20.8 Å². The average Bonchev–Trinajstić information content (AvgIpc) is 3.68. The largest absolute Gasteiger partial charge is 0.368 e. The molecular formula is C36H42N10O4. The van der Waals surface area contributed by atoms with Gasteiger partial charge in [0.15, 0.2) is 0 Å². The first-order valence-electron chi connectivity index (χ1n) is 17.0. The second-order valence-electron chi connectivity index (χ2n) is 13.1. The van der Waals surface area contributed by atoms with Crippen molar-refractivity contribution in [2.45, 2.75) is 64.0 Å². The number of carbonyl (C=O) groups is 4. The maximum Gasteiger partial charge on any atom is 0.270 e. The zero-order valence-electron chi connectivity index (χ0n) is 28.0. The summed E-state index contributed by atoms with van der Waals surface area (Å²) in [7, 11) is 0. The van der Waals surface area contributed by atoms with Gasteiger partial charge in [0, 0.05) is 41.9 Å². The van der Waals surface area contributed by atoms with Crippen LogP contribution in [0.2, 0.25) is 0 Å². The zero-order valence-corrected chi connectivity index (χ0v) is 28.0. The molecule has 2 aromatic heterocycles. The zero-order chi connectivity index (χ0) is 35.2. The lowest BCUT2D eigenvalue weighted by Gasteiger charge is -2.35. The fraction of sp³-hybridized carbons (Fsp3) is 0.389. The average molecular weight is 679 g/mol. The highest BCUT2D eigenvalue weighted by Gasteiger charge is 2.36. The number of primary amides is 1. The number of aromatic nitrogens is 5. The number of nitrogens with one attached hydrogen (secondary N) is 3. The number of H-pyrrole nitrogens is 1. The van der Waals surface area contributed by atoms with E-state index in [1.165, 1.54) is 0 Å². The number of hydrogen-bond acceptors (Lipinski definition) is 9. The molecule has 50 heavy (non-hydrogen) atoms. The lowest BCUT2D eigenvalue weighted by Crippen LogP contribution is -2.52. The van der Waals surface area contributed by atoms with Crippen molar-refractivity contribution in [2.24, 2.45) is 23.3 Å². The molecule has 0 bridgehead atoms. The predicted molar refractivity (Wildman–Crippen MR) is 186 cm³/mol. The summed E-state index contributed by atoms with van der Waals surface area (Å²) >= 11 is 0. The second-order valence-corrected chi connectivity index (χ2v) is 13.1. The molecule has 2 aromatic carbocycles. The van der Waals surface area contributed by atoms with Gasteiger partial charge in [-0.2, -0.15) is 5.21 Å². The number of carbonyl (C=O) groups excluding carboxylic acids is 4. The van der Waals surface area contributed by atoms with Crippen molar-refractivity contribution < 1.29 is 19.2 Å². The third-order valence-corrected chi connectivity index (χ3v) is 9.78. The monoisotopic (exact) mass is 678 g/mol. The topological polar surface area (TPSA) is 215 Å². The molecule has 2 fully saturated rings. The fourth-order valence-electron chi connectivity index (χ4n) is 6.84. The van der Waals surface area contributed by atoms with Crippen LogP contribution in [0.25, 0.3) is 22.5 Å². The number of piperidine rings is 1. The van der Waals surface area contributed by atoms with Gasteiger partial charge in [-0.1, -0.05) is 24.3 Å². The van der Waals surface area contributed by atoms with Crippen LogP contribution in [-0.4, -0.2) is 74.4 Å². The summed E-state index contributed by atoms with van der Waals surface area (Å²) in [6, 6.07) is 15.0. The van der Waals surface area contributed by atoms with E-state index in [0.29, 0.717) is 55.3 Å². The highest BCUT2D eigenvalue weighted by Crippen LogP contribution is 2.33. The van der Waals surface area contributed by atoms with Gasteiger partial charge >= 0.3 is 0 Å². The standard InChI is InChI=1S/C36H42N10O4/c1-21-17-30(35(49)41-29-3-2-16-39-34(29)48)40-20-28(21)24-8-4-22(5-9-24)18-31(32(38)47)46(36(50)26-10-6-23(19-37)7-11-26)27-14-12-25(13-15-27)33-42-44-45-43-33/h4-5,8-9,12-15,17,20,23,26,29,31H,2-3,6-7,10-11,16,18-19,37H2,1H3,(H2,38,47)(H,39,48)(H,41,49)(H,42,43,44,45)/t23?,26?,29-,31+/m1/s1. The SMILES string of the molecule is Cc1cc(C(=O)N[C@@H]2CCCNC2=O)ncc1-c1ccc(C[C@@H](C(N)=O)N(C(=O)C2CCC(CN)CC2)c2ccc(-c3nn[nH]n3)cc2)cc1. The van der Waals surface area contributed by atoms with E-state index in [1.54, 1.807) is 41.4 Å². The minimum Gasteiger partial charge on any atom is -0.368 e. The van der Waals surface area contributed by atoms with Crippen molar-refractivity contribution in [3.8, 4) is 22.5 Å². The smallest absolute Gasteiger partial charge is 0.270 e. The molecule has 1 saturated carbocycles. The van der Waals surface area contributed by atoms with Gasteiger partial charge in [0.2, 0.25) is 23.5 Å². The molecule has 4 amide bonds. The molecule has 1 aliphatic heterocycles. The highest BCUT2D eigenvalue weighted by molar-refractivity contribution is 6.02. The second kappa shape index (κ2) is 15.4. The quantitative estimate of drug-likeness (QED) is 0.157. The molecule has 7 N–H and O–H groups in total. The van der Waals surface area contributed by atoms with E-state index in [-0.39, 0.29) is 29.8 Å². The lowest BCUT2D eigenvalue weighted by atomic mass is 9.81. The Morgan fingerprint density at radius 1 is 1.00 bits per heavy atom. The van der Waals surface area contributed by atoms with E-state index < -0.39 is 23.9 Å². The van der Waals surface area contributed by atoms with Crippen molar-refractivity contribution >= 4 is 29.3 Å². The number of amides is 4. The van der Waals surface area contributed by atoms with E-state index in [4.69, 9.17) is 11.5 Å². The van der Waals surface area contributed by atoms with E-state index in [0.717, 1.165) is 41.5 Å². The third-order valence-electron chi connectivity index (χ3n) is 9.78. The first-order chi connectivity index (χ1) is 24.2. The molecular weight excluding hydrogens is 636 g/mol. The Morgan fingerprint density at radius 2 is 1.72 bits per heavy atom. The van der Waals surface area contributed by atoms with Gasteiger partial charge in [-0.3, -0.25) is 29.1 Å². The summed E-state index contributed by atoms with van der Waals surface area (Å²) in [5.74, 6) is -0.771. The number of hydrogen-bond donors (Lipinski definition) is 5. The highest BCUT2D eigenvalue weighted by atomic mass is 16.2. The molecule has 0 spiro atoms. The molecule has 14 nitrogen and oxygen atoms in total. The molecule has 2 atom stereocenters. The molecule has 0 unspecified atom stereocenters. The maximum absolute atomic E-state index is 14.2. The van der Waals surface area contributed by atoms with Gasteiger partial charge in [0.05, 0.1) is 0 Å². The summed E-state index contributed by atoms with van der Waals surface area (Å²) in [6.45, 7) is 3.10. The van der Waals surface area contributed by atoms with E-state index in [9.17, 15) is 19.2 Å². The van der Waals surface area contributed by atoms with Crippen LogP contribution in [0.15, 0.2) is 60.8 Å². The number of anilines is 1. The Labute approximate surface area is 289 Å². The number of aromatic amines is 1. The fourth-order valence-corrected chi connectivity index (χ4v) is 6.84. The van der Waals surface area contributed by atoms with Crippen molar-refractivity contribution in [2.75, 3.05) is 18.0 Å². The molecule has 2 aliphatic rings. The van der Waals surface area contributed by atoms with Gasteiger partial charge in [-0.05, 0) is 110 Å². The number of pyridine rings is 1. The van der Waals surface area contributed by atoms with Crippen LogP contribution >= 0.6 is 0 Å². The van der Waals surface area contributed by atoms with E-state index >= 15 is 0 Å². The summed E-state index contributed by atoms with van der Waals surface area (Å²) in [5.41, 5.74) is 16.8. The first-order valence-corrected chi connectivity index (χ1v) is 17.0. The van der Waals surface area contributed by atoms with Gasteiger partial charge in [-0.25, -0.2) is 0 Å². The minimum atomic E-state index is -0.941. The molecule has 3 heterocycles. The van der Waals surface area contributed by atoms with Crippen molar-refractivity contribution in [1.29, 1.82) is 0 Å². The molecule has 1 aliphatic carbocycles. The molecule has 4 aromatic rings. The van der Waals surface area contributed by atoms with Crippen molar-refractivity contribution in [3.63, 3.8) is 0 Å². The number of aryl methyl sites for hydroxylation is 1. The first kappa shape index (κ1) is 34.4. The number of rotatable bonds is 11. The summed E-state index contributed by atoms with van der Waals surface area (Å²) in [4.78, 5) is 58.2. The van der Waals surface area contributed by atoms with Crippen LogP contribution < -0.4 is 27.0 Å². The minimum absolute atomic E-state index is 0.136. The number of tetrazole rings is 1. The number of benzene rings is 2. The predicted octanol–water partition coefficient (Wildman–Crippen LogP) is 2.44. The molecule has 0 radical (unpaired) electrons. The molecule has 1 saturated heterocycles. The summed E-state index contributed by atoms with van der Waals surface area (Å²) in [6.07, 6.45) is 6.35.